The van der Waals surface area contributed by atoms with E-state index in [1.165, 1.54) is 0 Å². The van der Waals surface area contributed by atoms with Gasteiger partial charge in [-0.05, 0) is 28.1 Å². The molecule has 4 heteroatoms. The van der Waals surface area contributed by atoms with E-state index in [4.69, 9.17) is 0 Å². The third kappa shape index (κ3) is 1.85. The number of para-hydroxylation sites is 1. The van der Waals surface area contributed by atoms with Gasteiger partial charge in [-0.1, -0.05) is 12.1 Å². The summed E-state index contributed by atoms with van der Waals surface area (Å²) in [5, 5.41) is 9.78. The monoisotopic (exact) mass is 281 g/mol. The van der Waals surface area contributed by atoms with Crippen LogP contribution >= 0.6 is 15.9 Å². The Bertz CT molecular complexity index is 424. The highest BCUT2D eigenvalue weighted by Crippen LogP contribution is 2.38. The number of phenolic OH excluding ortho intramolecular Hbond substituents is 1. The van der Waals surface area contributed by atoms with E-state index in [1.54, 1.807) is 23.1 Å². The van der Waals surface area contributed by atoms with Gasteiger partial charge in [-0.3, -0.25) is 4.79 Å². The van der Waals surface area contributed by atoms with Crippen LogP contribution in [0, 0.1) is 5.92 Å². The maximum absolute atomic E-state index is 11.8. The van der Waals surface area contributed by atoms with Gasteiger partial charge in [0.15, 0.2) is 0 Å². The topological polar surface area (TPSA) is 40.5 Å². The molecule has 16 heavy (non-hydrogen) atoms. The molecular formula is C12H12BrNO2. The quantitative estimate of drug-likeness (QED) is 0.847. The Morgan fingerprint density at radius 2 is 2.31 bits per heavy atom. The summed E-state index contributed by atoms with van der Waals surface area (Å²) in [6, 6.07) is 5.12. The first kappa shape index (κ1) is 11.2. The fourth-order valence-corrected chi connectivity index (χ4v) is 2.45. The van der Waals surface area contributed by atoms with Crippen molar-refractivity contribution in [3.8, 4) is 5.75 Å². The number of rotatable bonds is 2. The summed E-state index contributed by atoms with van der Waals surface area (Å²) in [6.45, 7) is 4.28. The minimum absolute atomic E-state index is 0.0205. The summed E-state index contributed by atoms with van der Waals surface area (Å²) in [5.74, 6) is 0.304. The second-order valence-electron chi connectivity index (χ2n) is 3.81. The molecule has 1 N–H and O–H groups in total. The van der Waals surface area contributed by atoms with Gasteiger partial charge in [-0.2, -0.15) is 0 Å². The van der Waals surface area contributed by atoms with Crippen molar-refractivity contribution in [2.24, 2.45) is 5.92 Å². The van der Waals surface area contributed by atoms with E-state index in [2.05, 4.69) is 22.5 Å². The number of amides is 1. The lowest BCUT2D eigenvalue weighted by Crippen LogP contribution is -2.24. The van der Waals surface area contributed by atoms with Gasteiger partial charge in [0, 0.05) is 23.4 Å². The molecule has 0 bridgehead atoms. The molecule has 0 aliphatic carbocycles. The Labute approximate surface area is 103 Å². The van der Waals surface area contributed by atoms with Crippen LogP contribution in [-0.4, -0.2) is 17.6 Å². The molecule has 1 atom stereocenters. The van der Waals surface area contributed by atoms with E-state index < -0.39 is 0 Å². The third-order valence-corrected chi connectivity index (χ3v) is 3.36. The van der Waals surface area contributed by atoms with Crippen molar-refractivity contribution in [2.75, 3.05) is 11.4 Å². The fraction of sp³-hybridized carbons (Fsp3) is 0.250. The number of halogens is 1. The highest BCUT2D eigenvalue weighted by atomic mass is 79.9. The number of nitrogens with zero attached hydrogens (tertiary/aromatic N) is 1. The second kappa shape index (κ2) is 4.29. The van der Waals surface area contributed by atoms with Gasteiger partial charge in [0.25, 0.3) is 0 Å². The number of hydrogen-bond acceptors (Lipinski definition) is 2. The maximum atomic E-state index is 11.8. The molecule has 3 nitrogen and oxygen atoms in total. The maximum Gasteiger partial charge on any atom is 0.227 e. The first-order valence-corrected chi connectivity index (χ1v) is 5.83. The lowest BCUT2D eigenvalue weighted by Gasteiger charge is -2.19. The van der Waals surface area contributed by atoms with Crippen LogP contribution in [0.15, 0.2) is 35.3 Å². The summed E-state index contributed by atoms with van der Waals surface area (Å²) in [5.41, 5.74) is 0.553. The number of carbonyl (C=O) groups excluding carboxylic acids is 1. The first-order chi connectivity index (χ1) is 7.63. The Kier molecular flexibility index (Phi) is 3.01. The van der Waals surface area contributed by atoms with E-state index in [9.17, 15) is 9.90 Å². The molecule has 0 saturated carbocycles. The van der Waals surface area contributed by atoms with Gasteiger partial charge < -0.3 is 10.0 Å². The van der Waals surface area contributed by atoms with Crippen LogP contribution in [0.1, 0.15) is 6.42 Å². The normalized spacial score (nSPS) is 20.2. The number of carbonyl (C=O) groups is 1. The van der Waals surface area contributed by atoms with Crippen molar-refractivity contribution >= 4 is 27.5 Å². The Morgan fingerprint density at radius 1 is 1.56 bits per heavy atom. The average Bonchev–Trinajstić information content (AvgIpc) is 2.60. The van der Waals surface area contributed by atoms with Crippen molar-refractivity contribution in [1.82, 2.24) is 0 Å². The van der Waals surface area contributed by atoms with Crippen LogP contribution in [0.2, 0.25) is 0 Å². The van der Waals surface area contributed by atoms with Crippen LogP contribution in [0.5, 0.6) is 5.75 Å². The number of hydrogen-bond donors (Lipinski definition) is 1. The number of benzene rings is 1. The SMILES string of the molecule is C=CC1CC(=O)N(c2c(O)cccc2Br)C1. The fourth-order valence-electron chi connectivity index (χ4n) is 1.88. The standard InChI is InChI=1S/C12H12BrNO2/c1-2-8-6-11(16)14(7-8)12-9(13)4-3-5-10(12)15/h2-5,8,15H,1,6-7H2. The van der Waals surface area contributed by atoms with Crippen molar-refractivity contribution in [2.45, 2.75) is 6.42 Å². The van der Waals surface area contributed by atoms with Crippen LogP contribution < -0.4 is 4.90 Å². The number of phenols is 1. The molecule has 0 radical (unpaired) electrons. The van der Waals surface area contributed by atoms with Crippen LogP contribution in [0.3, 0.4) is 0 Å². The van der Waals surface area contributed by atoms with Gasteiger partial charge >= 0.3 is 0 Å². The van der Waals surface area contributed by atoms with E-state index in [1.807, 2.05) is 6.07 Å². The molecule has 1 aliphatic heterocycles. The zero-order valence-electron chi connectivity index (χ0n) is 8.69. The summed E-state index contributed by atoms with van der Waals surface area (Å²) >= 11 is 3.35. The highest BCUT2D eigenvalue weighted by molar-refractivity contribution is 9.10. The minimum atomic E-state index is 0.0205. The minimum Gasteiger partial charge on any atom is -0.506 e. The lowest BCUT2D eigenvalue weighted by atomic mass is 10.1. The van der Waals surface area contributed by atoms with Gasteiger partial charge in [0.1, 0.15) is 11.4 Å². The van der Waals surface area contributed by atoms with Crippen molar-refractivity contribution in [1.29, 1.82) is 0 Å². The van der Waals surface area contributed by atoms with Crippen LogP contribution in [0.4, 0.5) is 5.69 Å². The molecule has 2 rings (SSSR count). The Balaban J connectivity index is 2.38. The van der Waals surface area contributed by atoms with Gasteiger partial charge in [-0.25, -0.2) is 0 Å². The summed E-state index contributed by atoms with van der Waals surface area (Å²) < 4.78 is 0.727. The van der Waals surface area contributed by atoms with Gasteiger partial charge in [0.05, 0.1) is 0 Å². The Hall–Kier alpha value is -1.29. The molecule has 1 aromatic rings. The van der Waals surface area contributed by atoms with Crippen molar-refractivity contribution in [3.05, 3.63) is 35.3 Å². The van der Waals surface area contributed by atoms with E-state index in [-0.39, 0.29) is 17.6 Å². The zero-order chi connectivity index (χ0) is 11.7. The zero-order valence-corrected chi connectivity index (χ0v) is 10.3. The van der Waals surface area contributed by atoms with Gasteiger partial charge in [-0.15, -0.1) is 6.58 Å². The molecule has 1 aromatic carbocycles. The second-order valence-corrected chi connectivity index (χ2v) is 4.67. The summed E-state index contributed by atoms with van der Waals surface area (Å²) in [4.78, 5) is 13.4. The molecule has 0 aromatic heterocycles. The molecule has 1 saturated heterocycles. The van der Waals surface area contributed by atoms with Crippen LogP contribution in [0.25, 0.3) is 0 Å². The third-order valence-electron chi connectivity index (χ3n) is 2.72. The predicted octanol–water partition coefficient (Wildman–Crippen LogP) is 2.69. The molecule has 1 aliphatic rings. The van der Waals surface area contributed by atoms with E-state index in [0.29, 0.717) is 18.7 Å². The van der Waals surface area contributed by atoms with E-state index in [0.717, 1.165) is 4.47 Å². The van der Waals surface area contributed by atoms with Gasteiger partial charge in [0.2, 0.25) is 5.91 Å². The molecule has 1 fully saturated rings. The average molecular weight is 282 g/mol. The predicted molar refractivity (Wildman–Crippen MR) is 66.5 cm³/mol. The largest absolute Gasteiger partial charge is 0.506 e. The summed E-state index contributed by atoms with van der Waals surface area (Å²) in [7, 11) is 0. The molecule has 1 unspecified atom stereocenters. The van der Waals surface area contributed by atoms with Crippen molar-refractivity contribution < 1.29 is 9.90 Å². The molecule has 84 valence electrons. The van der Waals surface area contributed by atoms with Crippen molar-refractivity contribution in [3.63, 3.8) is 0 Å². The first-order valence-electron chi connectivity index (χ1n) is 5.04. The van der Waals surface area contributed by atoms with Crippen LogP contribution in [-0.2, 0) is 4.79 Å². The number of anilines is 1. The van der Waals surface area contributed by atoms with E-state index >= 15 is 0 Å². The number of aromatic hydroxyl groups is 1. The lowest BCUT2D eigenvalue weighted by molar-refractivity contribution is -0.117. The smallest absolute Gasteiger partial charge is 0.227 e. The summed E-state index contributed by atoms with van der Waals surface area (Å²) in [6.07, 6.45) is 2.25. The molecule has 0 spiro atoms. The molecule has 1 amide bonds. The molecule has 1 heterocycles. The highest BCUT2D eigenvalue weighted by Gasteiger charge is 2.31. The molecular weight excluding hydrogens is 270 g/mol. The Morgan fingerprint density at radius 3 is 2.88 bits per heavy atom.